The number of hydrogen-bond acceptors (Lipinski definition) is 3. The van der Waals surface area contributed by atoms with E-state index in [1.54, 1.807) is 17.0 Å². The molecule has 1 atom stereocenters. The maximum absolute atomic E-state index is 12.1. The van der Waals surface area contributed by atoms with Gasteiger partial charge in [-0.05, 0) is 19.3 Å². The molecule has 0 aromatic carbocycles. The van der Waals surface area contributed by atoms with E-state index in [-0.39, 0.29) is 12.3 Å². The molecule has 0 aliphatic carbocycles. The highest BCUT2D eigenvalue weighted by Crippen LogP contribution is 2.18. The van der Waals surface area contributed by atoms with Crippen LogP contribution in [-0.4, -0.2) is 44.0 Å². The van der Waals surface area contributed by atoms with Gasteiger partial charge in [-0.2, -0.15) is 0 Å². The molecule has 98 valence electrons. The Bertz CT molecular complexity index is 455. The summed E-state index contributed by atoms with van der Waals surface area (Å²) in [5.74, 6) is -0.408. The Hall–Kier alpha value is -1.85. The second-order valence-electron chi connectivity index (χ2n) is 4.57. The number of piperidine rings is 1. The van der Waals surface area contributed by atoms with Crippen molar-refractivity contribution < 1.29 is 14.7 Å². The number of likely N-dealkylation sites (tertiary alicyclic amines) is 1. The first-order chi connectivity index (χ1) is 8.59. The third-order valence-electron chi connectivity index (χ3n) is 3.34. The van der Waals surface area contributed by atoms with Crippen molar-refractivity contribution in [2.75, 3.05) is 6.54 Å². The van der Waals surface area contributed by atoms with Gasteiger partial charge in [0.25, 0.3) is 0 Å². The smallest absolute Gasteiger partial charge is 0.326 e. The molecule has 6 nitrogen and oxygen atoms in total. The van der Waals surface area contributed by atoms with Gasteiger partial charge in [0.05, 0.1) is 6.42 Å². The number of nitrogens with zero attached hydrogens (tertiary/aromatic N) is 3. The van der Waals surface area contributed by atoms with Crippen LogP contribution in [0.5, 0.6) is 0 Å². The Balaban J connectivity index is 2.07. The minimum absolute atomic E-state index is 0.156. The average molecular weight is 251 g/mol. The Morgan fingerprint density at radius 2 is 2.28 bits per heavy atom. The predicted molar refractivity (Wildman–Crippen MR) is 63.9 cm³/mol. The fourth-order valence-electron chi connectivity index (χ4n) is 2.29. The summed E-state index contributed by atoms with van der Waals surface area (Å²) in [4.78, 5) is 28.8. The summed E-state index contributed by atoms with van der Waals surface area (Å²) in [6.07, 6.45) is 5.84. The van der Waals surface area contributed by atoms with Crippen molar-refractivity contribution in [3.8, 4) is 0 Å². The Kier molecular flexibility index (Phi) is 3.64. The molecule has 0 bridgehead atoms. The first-order valence-corrected chi connectivity index (χ1v) is 6.08. The third-order valence-corrected chi connectivity index (χ3v) is 3.34. The first kappa shape index (κ1) is 12.6. The van der Waals surface area contributed by atoms with E-state index in [2.05, 4.69) is 4.98 Å². The maximum atomic E-state index is 12.1. The van der Waals surface area contributed by atoms with E-state index >= 15 is 0 Å². The number of carboxylic acids is 1. The highest BCUT2D eigenvalue weighted by molar-refractivity contribution is 5.84. The van der Waals surface area contributed by atoms with E-state index in [0.29, 0.717) is 18.8 Å². The number of carbonyl (C=O) groups excluding carboxylic acids is 1. The summed E-state index contributed by atoms with van der Waals surface area (Å²) in [5.41, 5.74) is 0. The number of rotatable bonds is 3. The molecule has 0 radical (unpaired) electrons. The SMILES string of the molecule is Cn1ccnc1CC(=O)N1CCCCC1C(=O)O. The van der Waals surface area contributed by atoms with Crippen LogP contribution in [0, 0.1) is 0 Å². The molecule has 1 amide bonds. The average Bonchev–Trinajstić information content (AvgIpc) is 2.75. The molecule has 1 saturated heterocycles. The number of aliphatic carboxylic acids is 1. The van der Waals surface area contributed by atoms with Gasteiger partial charge >= 0.3 is 5.97 Å². The lowest BCUT2D eigenvalue weighted by Crippen LogP contribution is -2.48. The van der Waals surface area contributed by atoms with Gasteiger partial charge in [0, 0.05) is 26.0 Å². The van der Waals surface area contributed by atoms with E-state index in [4.69, 9.17) is 5.11 Å². The van der Waals surface area contributed by atoms with Crippen LogP contribution in [-0.2, 0) is 23.1 Å². The molecule has 1 unspecified atom stereocenters. The van der Waals surface area contributed by atoms with E-state index in [9.17, 15) is 9.59 Å². The molecular weight excluding hydrogens is 234 g/mol. The molecule has 0 spiro atoms. The Morgan fingerprint density at radius 3 is 2.89 bits per heavy atom. The second kappa shape index (κ2) is 5.20. The molecule has 1 aromatic rings. The number of aryl methyl sites for hydroxylation is 1. The lowest BCUT2D eigenvalue weighted by molar-refractivity contribution is -0.151. The topological polar surface area (TPSA) is 75.4 Å². The van der Waals surface area contributed by atoms with Crippen molar-refractivity contribution >= 4 is 11.9 Å². The summed E-state index contributed by atoms with van der Waals surface area (Å²) in [6, 6.07) is -0.675. The number of amides is 1. The van der Waals surface area contributed by atoms with Crippen molar-refractivity contribution in [2.24, 2.45) is 7.05 Å². The van der Waals surface area contributed by atoms with Gasteiger partial charge in [0.1, 0.15) is 11.9 Å². The van der Waals surface area contributed by atoms with Crippen molar-refractivity contribution in [1.29, 1.82) is 0 Å². The minimum Gasteiger partial charge on any atom is -0.480 e. The molecule has 6 heteroatoms. The van der Waals surface area contributed by atoms with Gasteiger partial charge in [-0.25, -0.2) is 9.78 Å². The van der Waals surface area contributed by atoms with Crippen LogP contribution < -0.4 is 0 Å². The summed E-state index contributed by atoms with van der Waals surface area (Å²) < 4.78 is 1.78. The molecular formula is C12H17N3O3. The Labute approximate surface area is 105 Å². The van der Waals surface area contributed by atoms with Crippen LogP contribution in [0.25, 0.3) is 0 Å². The number of carbonyl (C=O) groups is 2. The Morgan fingerprint density at radius 1 is 1.50 bits per heavy atom. The van der Waals surface area contributed by atoms with E-state index < -0.39 is 12.0 Å². The lowest BCUT2D eigenvalue weighted by Gasteiger charge is -2.32. The molecule has 1 aromatic heterocycles. The second-order valence-corrected chi connectivity index (χ2v) is 4.57. The largest absolute Gasteiger partial charge is 0.480 e. The highest BCUT2D eigenvalue weighted by atomic mass is 16.4. The van der Waals surface area contributed by atoms with Gasteiger partial charge in [-0.3, -0.25) is 4.79 Å². The molecule has 1 aliphatic rings. The third kappa shape index (κ3) is 2.52. The normalized spacial score (nSPS) is 19.8. The first-order valence-electron chi connectivity index (χ1n) is 6.08. The summed E-state index contributed by atoms with van der Waals surface area (Å²) in [6.45, 7) is 0.528. The molecule has 2 heterocycles. The van der Waals surface area contributed by atoms with Gasteiger partial charge in [-0.15, -0.1) is 0 Å². The van der Waals surface area contributed by atoms with E-state index in [1.165, 1.54) is 4.90 Å². The van der Waals surface area contributed by atoms with Crippen molar-refractivity contribution in [1.82, 2.24) is 14.5 Å². The minimum atomic E-state index is -0.914. The fraction of sp³-hybridized carbons (Fsp3) is 0.583. The number of carboxylic acid groups (broad SMARTS) is 1. The highest BCUT2D eigenvalue weighted by Gasteiger charge is 2.32. The quantitative estimate of drug-likeness (QED) is 0.845. The lowest BCUT2D eigenvalue weighted by atomic mass is 10.0. The maximum Gasteiger partial charge on any atom is 0.326 e. The molecule has 1 fully saturated rings. The number of imidazole rings is 1. The predicted octanol–water partition coefficient (Wildman–Crippen LogP) is 0.428. The van der Waals surface area contributed by atoms with Crippen LogP contribution in [0.4, 0.5) is 0 Å². The monoisotopic (exact) mass is 251 g/mol. The zero-order valence-electron chi connectivity index (χ0n) is 10.4. The van der Waals surface area contributed by atoms with Gasteiger partial charge in [0.15, 0.2) is 0 Å². The summed E-state index contributed by atoms with van der Waals surface area (Å²) >= 11 is 0. The summed E-state index contributed by atoms with van der Waals surface area (Å²) in [7, 11) is 1.82. The van der Waals surface area contributed by atoms with Gasteiger partial charge in [0.2, 0.25) is 5.91 Å². The molecule has 1 N–H and O–H groups in total. The van der Waals surface area contributed by atoms with Crippen LogP contribution in [0.1, 0.15) is 25.1 Å². The standard InChI is InChI=1S/C12H17N3O3/c1-14-7-5-13-10(14)8-11(16)15-6-3-2-4-9(15)12(17)18/h5,7,9H,2-4,6,8H2,1H3,(H,17,18). The van der Waals surface area contributed by atoms with Crippen LogP contribution in [0.15, 0.2) is 12.4 Å². The van der Waals surface area contributed by atoms with Crippen molar-refractivity contribution in [2.45, 2.75) is 31.7 Å². The molecule has 1 aliphatic heterocycles. The van der Waals surface area contributed by atoms with Crippen LogP contribution >= 0.6 is 0 Å². The molecule has 0 saturated carbocycles. The molecule has 18 heavy (non-hydrogen) atoms. The van der Waals surface area contributed by atoms with Crippen LogP contribution in [0.3, 0.4) is 0 Å². The zero-order chi connectivity index (χ0) is 13.1. The van der Waals surface area contributed by atoms with Crippen molar-refractivity contribution in [3.63, 3.8) is 0 Å². The zero-order valence-corrected chi connectivity index (χ0v) is 10.4. The van der Waals surface area contributed by atoms with Crippen molar-refractivity contribution in [3.05, 3.63) is 18.2 Å². The van der Waals surface area contributed by atoms with E-state index in [0.717, 1.165) is 12.8 Å². The van der Waals surface area contributed by atoms with E-state index in [1.807, 2.05) is 7.05 Å². The fourth-order valence-corrected chi connectivity index (χ4v) is 2.29. The number of hydrogen-bond donors (Lipinski definition) is 1. The van der Waals surface area contributed by atoms with Gasteiger partial charge < -0.3 is 14.6 Å². The molecule has 2 rings (SSSR count). The number of aromatic nitrogens is 2. The van der Waals surface area contributed by atoms with Gasteiger partial charge in [-0.1, -0.05) is 0 Å². The van der Waals surface area contributed by atoms with Crippen LogP contribution in [0.2, 0.25) is 0 Å². The summed E-state index contributed by atoms with van der Waals surface area (Å²) in [5, 5.41) is 9.12.